The molecule has 1 heterocycles. The summed E-state index contributed by atoms with van der Waals surface area (Å²) in [7, 11) is -3.53. The molecule has 1 fully saturated rings. The second-order valence-electron chi connectivity index (χ2n) is 4.39. The van der Waals surface area contributed by atoms with Crippen LogP contribution in [0.25, 0.3) is 0 Å². The van der Waals surface area contributed by atoms with Gasteiger partial charge in [0.15, 0.2) is 0 Å². The fraction of sp³-hybridized carbons (Fsp3) is 0.900. The van der Waals surface area contributed by atoms with Crippen LogP contribution in [-0.2, 0) is 14.8 Å². The molecule has 0 amide bonds. The Bertz CT molecular complexity index is 371. The maximum Gasteiger partial charge on any atom is 0.307 e. The minimum Gasteiger partial charge on any atom is -0.481 e. The highest BCUT2D eigenvalue weighted by atomic mass is 32.2. The van der Waals surface area contributed by atoms with Crippen LogP contribution in [0.1, 0.15) is 26.2 Å². The lowest BCUT2D eigenvalue weighted by atomic mass is 9.96. The molecule has 0 aromatic rings. The summed E-state index contributed by atoms with van der Waals surface area (Å²) in [6, 6.07) is -0.199. The van der Waals surface area contributed by atoms with E-state index in [1.807, 2.05) is 0 Å². The summed E-state index contributed by atoms with van der Waals surface area (Å²) in [4.78, 5) is 10.9. The SMILES string of the molecule is CC1CCC(C(=O)O)CN1S(=O)(=O)CCCF. The molecule has 7 heteroatoms. The zero-order valence-electron chi connectivity index (χ0n) is 9.80. The Labute approximate surface area is 101 Å². The number of carboxylic acids is 1. The van der Waals surface area contributed by atoms with Gasteiger partial charge in [-0.1, -0.05) is 0 Å². The van der Waals surface area contributed by atoms with Crippen LogP contribution < -0.4 is 0 Å². The highest BCUT2D eigenvalue weighted by Crippen LogP contribution is 2.25. The number of nitrogens with zero attached hydrogens (tertiary/aromatic N) is 1. The van der Waals surface area contributed by atoms with Crippen molar-refractivity contribution in [2.45, 2.75) is 32.2 Å². The van der Waals surface area contributed by atoms with E-state index in [0.717, 1.165) is 0 Å². The summed E-state index contributed by atoms with van der Waals surface area (Å²) in [6.45, 7) is 1.08. The number of alkyl halides is 1. The second kappa shape index (κ2) is 5.77. The van der Waals surface area contributed by atoms with Gasteiger partial charge in [0.1, 0.15) is 0 Å². The average Bonchev–Trinajstić information content (AvgIpc) is 2.26. The molecule has 17 heavy (non-hydrogen) atoms. The molecule has 1 aliphatic rings. The van der Waals surface area contributed by atoms with Crippen LogP contribution in [0.15, 0.2) is 0 Å². The first kappa shape index (κ1) is 14.4. The molecule has 2 unspecified atom stereocenters. The largest absolute Gasteiger partial charge is 0.481 e. The first-order valence-corrected chi connectivity index (χ1v) is 7.27. The minimum absolute atomic E-state index is 0.00508. The van der Waals surface area contributed by atoms with Crippen molar-refractivity contribution in [2.24, 2.45) is 5.92 Å². The first-order valence-electron chi connectivity index (χ1n) is 5.66. The second-order valence-corrected chi connectivity index (χ2v) is 6.43. The predicted octanol–water partition coefficient (Wildman–Crippen LogP) is 0.861. The number of carbonyl (C=O) groups is 1. The summed E-state index contributed by atoms with van der Waals surface area (Å²) in [5.41, 5.74) is 0. The zero-order valence-corrected chi connectivity index (χ0v) is 10.6. The maximum atomic E-state index is 12.0. The summed E-state index contributed by atoms with van der Waals surface area (Å²) >= 11 is 0. The van der Waals surface area contributed by atoms with Crippen molar-refractivity contribution >= 4 is 16.0 Å². The quantitative estimate of drug-likeness (QED) is 0.801. The van der Waals surface area contributed by atoms with Crippen LogP contribution >= 0.6 is 0 Å². The van der Waals surface area contributed by atoms with E-state index in [4.69, 9.17) is 5.11 Å². The van der Waals surface area contributed by atoms with Gasteiger partial charge in [-0.2, -0.15) is 4.31 Å². The van der Waals surface area contributed by atoms with Gasteiger partial charge in [0.2, 0.25) is 10.0 Å². The summed E-state index contributed by atoms with van der Waals surface area (Å²) in [5.74, 6) is -1.87. The van der Waals surface area contributed by atoms with E-state index in [-0.39, 0.29) is 24.8 Å². The monoisotopic (exact) mass is 267 g/mol. The Morgan fingerprint density at radius 2 is 2.12 bits per heavy atom. The third-order valence-electron chi connectivity index (χ3n) is 3.07. The number of hydrogen-bond acceptors (Lipinski definition) is 3. The minimum atomic E-state index is -3.53. The van der Waals surface area contributed by atoms with E-state index in [9.17, 15) is 17.6 Å². The molecule has 2 atom stereocenters. The Morgan fingerprint density at radius 3 is 2.65 bits per heavy atom. The normalized spacial score (nSPS) is 26.9. The number of aliphatic carboxylic acids is 1. The van der Waals surface area contributed by atoms with Gasteiger partial charge in [0, 0.05) is 12.6 Å². The molecule has 0 aliphatic carbocycles. The highest BCUT2D eigenvalue weighted by molar-refractivity contribution is 7.89. The fourth-order valence-electron chi connectivity index (χ4n) is 2.02. The van der Waals surface area contributed by atoms with Crippen molar-refractivity contribution in [3.63, 3.8) is 0 Å². The Hall–Kier alpha value is -0.690. The number of piperidine rings is 1. The van der Waals surface area contributed by atoms with E-state index in [1.54, 1.807) is 6.92 Å². The topological polar surface area (TPSA) is 74.7 Å². The van der Waals surface area contributed by atoms with Crippen molar-refractivity contribution in [3.8, 4) is 0 Å². The summed E-state index contributed by atoms with van der Waals surface area (Å²) < 4.78 is 37.0. The van der Waals surface area contributed by atoms with Gasteiger partial charge < -0.3 is 5.11 Å². The highest BCUT2D eigenvalue weighted by Gasteiger charge is 2.36. The molecule has 0 aromatic heterocycles. The molecule has 1 N–H and O–H groups in total. The molecular formula is C10H18FNO4S. The van der Waals surface area contributed by atoms with E-state index < -0.39 is 28.6 Å². The molecule has 1 aliphatic heterocycles. The van der Waals surface area contributed by atoms with Gasteiger partial charge in [0.05, 0.1) is 18.3 Å². The van der Waals surface area contributed by atoms with Gasteiger partial charge in [-0.05, 0) is 26.2 Å². The van der Waals surface area contributed by atoms with Crippen LogP contribution in [-0.4, -0.2) is 48.8 Å². The molecule has 5 nitrogen and oxygen atoms in total. The van der Waals surface area contributed by atoms with Crippen LogP contribution in [0.4, 0.5) is 4.39 Å². The third-order valence-corrected chi connectivity index (χ3v) is 5.10. The van der Waals surface area contributed by atoms with Crippen LogP contribution in [0, 0.1) is 5.92 Å². The molecule has 0 aromatic carbocycles. The van der Waals surface area contributed by atoms with E-state index in [1.165, 1.54) is 4.31 Å². The Morgan fingerprint density at radius 1 is 1.47 bits per heavy atom. The van der Waals surface area contributed by atoms with E-state index in [0.29, 0.717) is 12.8 Å². The van der Waals surface area contributed by atoms with Crippen molar-refractivity contribution in [2.75, 3.05) is 19.0 Å². The lowest BCUT2D eigenvalue weighted by Gasteiger charge is -2.35. The maximum absolute atomic E-state index is 12.0. The predicted molar refractivity (Wildman–Crippen MR) is 60.9 cm³/mol. The van der Waals surface area contributed by atoms with Crippen LogP contribution in [0.2, 0.25) is 0 Å². The van der Waals surface area contributed by atoms with Crippen LogP contribution in [0.3, 0.4) is 0 Å². The number of halogens is 1. The lowest BCUT2D eigenvalue weighted by molar-refractivity contribution is -0.143. The zero-order chi connectivity index (χ0) is 13.1. The van der Waals surface area contributed by atoms with E-state index in [2.05, 4.69) is 0 Å². The standard InChI is InChI=1S/C10H18FNO4S/c1-8-3-4-9(10(13)14)7-12(8)17(15,16)6-2-5-11/h8-9H,2-7H2,1H3,(H,13,14). The molecular weight excluding hydrogens is 249 g/mol. The van der Waals surface area contributed by atoms with Crippen molar-refractivity contribution < 1.29 is 22.7 Å². The van der Waals surface area contributed by atoms with Crippen molar-refractivity contribution in [3.05, 3.63) is 0 Å². The molecule has 0 saturated carbocycles. The summed E-state index contributed by atoms with van der Waals surface area (Å²) in [5, 5.41) is 8.90. The van der Waals surface area contributed by atoms with Gasteiger partial charge in [-0.25, -0.2) is 8.42 Å². The average molecular weight is 267 g/mol. The molecule has 1 saturated heterocycles. The number of hydrogen-bond donors (Lipinski definition) is 1. The summed E-state index contributed by atoms with van der Waals surface area (Å²) in [6.07, 6.45) is 0.987. The van der Waals surface area contributed by atoms with Gasteiger partial charge in [-0.15, -0.1) is 0 Å². The van der Waals surface area contributed by atoms with Gasteiger partial charge >= 0.3 is 5.97 Å². The molecule has 100 valence electrons. The van der Waals surface area contributed by atoms with Crippen molar-refractivity contribution in [1.82, 2.24) is 4.31 Å². The Balaban J connectivity index is 2.76. The van der Waals surface area contributed by atoms with Crippen LogP contribution in [0.5, 0.6) is 0 Å². The number of rotatable bonds is 5. The van der Waals surface area contributed by atoms with Crippen molar-refractivity contribution in [1.29, 1.82) is 0 Å². The molecule has 0 bridgehead atoms. The molecule has 0 radical (unpaired) electrons. The lowest BCUT2D eigenvalue weighted by Crippen LogP contribution is -2.48. The first-order chi connectivity index (χ1) is 7.88. The smallest absolute Gasteiger partial charge is 0.307 e. The van der Waals surface area contributed by atoms with Gasteiger partial charge in [-0.3, -0.25) is 9.18 Å². The molecule has 0 spiro atoms. The number of carboxylic acid groups (broad SMARTS) is 1. The Kier molecular flexibility index (Phi) is 4.88. The third kappa shape index (κ3) is 3.64. The molecule has 1 rings (SSSR count). The fourth-order valence-corrected chi connectivity index (χ4v) is 3.79. The van der Waals surface area contributed by atoms with E-state index >= 15 is 0 Å². The number of sulfonamides is 1. The van der Waals surface area contributed by atoms with Gasteiger partial charge in [0.25, 0.3) is 0 Å².